The Labute approximate surface area is 111 Å². The second-order valence-electron chi connectivity index (χ2n) is 6.24. The van der Waals surface area contributed by atoms with Crippen LogP contribution in [-0.2, 0) is 4.74 Å². The summed E-state index contributed by atoms with van der Waals surface area (Å²) >= 11 is 0. The van der Waals surface area contributed by atoms with Gasteiger partial charge in [0.1, 0.15) is 0 Å². The highest BCUT2D eigenvalue weighted by Gasteiger charge is 2.29. The van der Waals surface area contributed by atoms with Gasteiger partial charge in [-0.1, -0.05) is 13.8 Å². The zero-order chi connectivity index (χ0) is 13.0. The van der Waals surface area contributed by atoms with Crippen molar-refractivity contribution in [2.75, 3.05) is 45.9 Å². The lowest BCUT2D eigenvalue weighted by Crippen LogP contribution is -2.45. The molecule has 2 N–H and O–H groups in total. The molecule has 2 aliphatic rings. The van der Waals surface area contributed by atoms with Gasteiger partial charge in [-0.2, -0.15) is 0 Å². The first-order valence-electron chi connectivity index (χ1n) is 7.45. The van der Waals surface area contributed by atoms with Crippen LogP contribution in [0.2, 0.25) is 0 Å². The summed E-state index contributed by atoms with van der Waals surface area (Å²) in [6.07, 6.45) is 2.44. The van der Waals surface area contributed by atoms with Crippen LogP contribution in [0.4, 0.5) is 0 Å². The topological polar surface area (TPSA) is 41.7 Å². The van der Waals surface area contributed by atoms with Gasteiger partial charge in [0.25, 0.3) is 0 Å². The van der Waals surface area contributed by atoms with Gasteiger partial charge in [-0.3, -0.25) is 4.90 Å². The fraction of sp³-hybridized carbons (Fsp3) is 1.00. The molecular weight excluding hydrogens is 226 g/mol. The molecule has 2 atom stereocenters. The molecule has 0 aromatic carbocycles. The lowest BCUT2D eigenvalue weighted by molar-refractivity contribution is 0.0184. The molecule has 0 aromatic heterocycles. The van der Waals surface area contributed by atoms with Crippen molar-refractivity contribution >= 4 is 0 Å². The van der Waals surface area contributed by atoms with Gasteiger partial charge in [0.15, 0.2) is 0 Å². The van der Waals surface area contributed by atoms with Crippen molar-refractivity contribution in [1.29, 1.82) is 0 Å². The Balaban J connectivity index is 1.70. The van der Waals surface area contributed by atoms with E-state index >= 15 is 0 Å². The summed E-state index contributed by atoms with van der Waals surface area (Å²) in [5, 5.41) is 0. The van der Waals surface area contributed by atoms with Crippen LogP contribution < -0.4 is 5.73 Å². The summed E-state index contributed by atoms with van der Waals surface area (Å²) < 4.78 is 5.42. The molecule has 0 bridgehead atoms. The van der Waals surface area contributed by atoms with E-state index in [9.17, 15) is 0 Å². The smallest absolute Gasteiger partial charge is 0.0594 e. The molecule has 2 saturated heterocycles. The summed E-state index contributed by atoms with van der Waals surface area (Å²) in [4.78, 5) is 5.14. The second-order valence-corrected chi connectivity index (χ2v) is 6.24. The Kier molecular flexibility index (Phi) is 5.42. The highest BCUT2D eigenvalue weighted by atomic mass is 16.5. The minimum absolute atomic E-state index is 0.341. The van der Waals surface area contributed by atoms with Gasteiger partial charge in [-0.15, -0.1) is 0 Å². The maximum Gasteiger partial charge on any atom is 0.0594 e. The van der Waals surface area contributed by atoms with E-state index in [0.29, 0.717) is 12.0 Å². The van der Waals surface area contributed by atoms with E-state index < -0.39 is 0 Å². The first-order valence-corrected chi connectivity index (χ1v) is 7.45. The lowest BCUT2D eigenvalue weighted by atomic mass is 10.0. The monoisotopic (exact) mass is 255 g/mol. The third-order valence-corrected chi connectivity index (χ3v) is 4.08. The molecule has 0 saturated carbocycles. The number of nitrogens with zero attached hydrogens (tertiary/aromatic N) is 2. The molecule has 2 fully saturated rings. The molecule has 2 rings (SSSR count). The maximum absolute atomic E-state index is 6.20. The average molecular weight is 255 g/mol. The van der Waals surface area contributed by atoms with E-state index in [1.165, 1.54) is 19.5 Å². The minimum atomic E-state index is 0.341. The minimum Gasteiger partial charge on any atom is -0.379 e. The van der Waals surface area contributed by atoms with Crippen LogP contribution in [0.25, 0.3) is 0 Å². The first kappa shape index (κ1) is 14.3. The van der Waals surface area contributed by atoms with Crippen LogP contribution in [0.5, 0.6) is 0 Å². The number of likely N-dealkylation sites (tertiary alicyclic amines) is 1. The molecule has 2 unspecified atom stereocenters. The van der Waals surface area contributed by atoms with Crippen molar-refractivity contribution in [2.24, 2.45) is 11.7 Å². The lowest BCUT2D eigenvalue weighted by Gasteiger charge is -2.32. The standard InChI is InChI=1S/C14H29N3O/c1-12(2)9-13(15)10-16-4-3-14(11-16)17-5-7-18-8-6-17/h12-14H,3-11,15H2,1-2H3. The number of morpholine rings is 1. The van der Waals surface area contributed by atoms with Gasteiger partial charge >= 0.3 is 0 Å². The summed E-state index contributed by atoms with van der Waals surface area (Å²) in [5.41, 5.74) is 6.20. The first-order chi connectivity index (χ1) is 8.65. The van der Waals surface area contributed by atoms with Crippen LogP contribution in [-0.4, -0.2) is 67.8 Å². The Bertz CT molecular complexity index is 241. The van der Waals surface area contributed by atoms with Crippen LogP contribution in [0.3, 0.4) is 0 Å². The Hall–Kier alpha value is -0.160. The number of nitrogens with two attached hydrogens (primary N) is 1. The quantitative estimate of drug-likeness (QED) is 0.788. The van der Waals surface area contributed by atoms with E-state index in [1.54, 1.807) is 0 Å². The normalized spacial score (nSPS) is 29.0. The molecular formula is C14H29N3O. The third-order valence-electron chi connectivity index (χ3n) is 4.08. The summed E-state index contributed by atoms with van der Waals surface area (Å²) in [7, 11) is 0. The zero-order valence-corrected chi connectivity index (χ0v) is 12.0. The largest absolute Gasteiger partial charge is 0.379 e. The fourth-order valence-electron chi connectivity index (χ4n) is 3.23. The zero-order valence-electron chi connectivity index (χ0n) is 12.0. The van der Waals surface area contributed by atoms with E-state index in [0.717, 1.165) is 45.3 Å². The van der Waals surface area contributed by atoms with Gasteiger partial charge in [0.2, 0.25) is 0 Å². The molecule has 106 valence electrons. The third kappa shape index (κ3) is 4.19. The van der Waals surface area contributed by atoms with Crippen molar-refractivity contribution in [3.63, 3.8) is 0 Å². The maximum atomic E-state index is 6.20. The molecule has 2 aliphatic heterocycles. The number of rotatable bonds is 5. The van der Waals surface area contributed by atoms with Gasteiger partial charge < -0.3 is 15.4 Å². The van der Waals surface area contributed by atoms with Gasteiger partial charge in [0, 0.05) is 38.3 Å². The summed E-state index contributed by atoms with van der Waals surface area (Å²) in [5.74, 6) is 0.706. The highest BCUT2D eigenvalue weighted by Crippen LogP contribution is 2.17. The highest BCUT2D eigenvalue weighted by molar-refractivity contribution is 4.86. The molecule has 0 aromatic rings. The molecule has 4 heteroatoms. The SMILES string of the molecule is CC(C)CC(N)CN1CCC(N2CCOCC2)C1. The molecule has 0 radical (unpaired) electrons. The van der Waals surface area contributed by atoms with E-state index in [2.05, 4.69) is 23.6 Å². The van der Waals surface area contributed by atoms with Gasteiger partial charge in [-0.25, -0.2) is 0 Å². The molecule has 2 heterocycles. The molecule has 0 amide bonds. The molecule has 4 nitrogen and oxygen atoms in total. The second kappa shape index (κ2) is 6.85. The fourth-order valence-corrected chi connectivity index (χ4v) is 3.23. The average Bonchev–Trinajstić information content (AvgIpc) is 2.77. The molecule has 0 aliphatic carbocycles. The van der Waals surface area contributed by atoms with E-state index in [4.69, 9.17) is 10.5 Å². The van der Waals surface area contributed by atoms with Crippen LogP contribution in [0.1, 0.15) is 26.7 Å². The predicted molar refractivity (Wildman–Crippen MR) is 74.7 cm³/mol. The van der Waals surface area contributed by atoms with Crippen molar-refractivity contribution in [2.45, 2.75) is 38.8 Å². The van der Waals surface area contributed by atoms with Crippen molar-refractivity contribution in [3.05, 3.63) is 0 Å². The van der Waals surface area contributed by atoms with Crippen LogP contribution >= 0.6 is 0 Å². The van der Waals surface area contributed by atoms with Gasteiger partial charge in [-0.05, 0) is 25.3 Å². The number of ether oxygens (including phenoxy) is 1. The van der Waals surface area contributed by atoms with Crippen molar-refractivity contribution < 1.29 is 4.74 Å². The van der Waals surface area contributed by atoms with Crippen molar-refractivity contribution in [3.8, 4) is 0 Å². The Morgan fingerprint density at radius 1 is 1.22 bits per heavy atom. The Morgan fingerprint density at radius 3 is 2.61 bits per heavy atom. The molecule has 0 spiro atoms. The Morgan fingerprint density at radius 2 is 1.94 bits per heavy atom. The summed E-state index contributed by atoms with van der Waals surface area (Å²) in [6, 6.07) is 1.08. The van der Waals surface area contributed by atoms with Gasteiger partial charge in [0.05, 0.1) is 13.2 Å². The number of hydrogen-bond acceptors (Lipinski definition) is 4. The van der Waals surface area contributed by atoms with Crippen LogP contribution in [0.15, 0.2) is 0 Å². The van der Waals surface area contributed by atoms with Crippen molar-refractivity contribution in [1.82, 2.24) is 9.80 Å². The predicted octanol–water partition coefficient (Wildman–Crippen LogP) is 0.766. The van der Waals surface area contributed by atoms with Crippen LogP contribution in [0, 0.1) is 5.92 Å². The summed E-state index contributed by atoms with van der Waals surface area (Å²) in [6.45, 7) is 12.0. The number of hydrogen-bond donors (Lipinski definition) is 1. The van der Waals surface area contributed by atoms with E-state index in [1.807, 2.05) is 0 Å². The van der Waals surface area contributed by atoms with E-state index in [-0.39, 0.29) is 0 Å². The molecule has 18 heavy (non-hydrogen) atoms.